The maximum Gasteiger partial charge on any atom is 0.387 e. The molecular weight excluding hydrogens is 485 g/mol. The number of hydrogen-bond acceptors (Lipinski definition) is 4. The van der Waals surface area contributed by atoms with E-state index in [9.17, 15) is 13.6 Å². The number of halogens is 3. The molecule has 7 nitrogen and oxygen atoms in total. The van der Waals surface area contributed by atoms with E-state index in [2.05, 4.69) is 25.7 Å². The zero-order valence-corrected chi connectivity index (χ0v) is 18.9. The van der Waals surface area contributed by atoms with Crippen molar-refractivity contribution in [1.82, 2.24) is 16.0 Å². The van der Waals surface area contributed by atoms with Crippen molar-refractivity contribution >= 4 is 35.8 Å². The third-order valence-corrected chi connectivity index (χ3v) is 3.48. The van der Waals surface area contributed by atoms with E-state index in [4.69, 9.17) is 4.74 Å². The minimum absolute atomic E-state index is 0. The molecule has 1 rings (SSSR count). The van der Waals surface area contributed by atoms with Crippen LogP contribution in [-0.4, -0.2) is 45.2 Å². The Morgan fingerprint density at radius 2 is 1.86 bits per heavy atom. The molecule has 3 N–H and O–H groups in total. The van der Waals surface area contributed by atoms with Gasteiger partial charge in [0, 0.05) is 38.2 Å². The number of amides is 1. The second-order valence-electron chi connectivity index (χ2n) is 5.85. The van der Waals surface area contributed by atoms with Crippen molar-refractivity contribution in [1.29, 1.82) is 0 Å². The summed E-state index contributed by atoms with van der Waals surface area (Å²) in [6.45, 7) is 3.91. The number of carbonyl (C=O) groups excluding carboxylic acids is 1. The first-order chi connectivity index (χ1) is 12.9. The molecule has 0 aliphatic rings. The summed E-state index contributed by atoms with van der Waals surface area (Å²) in [5.41, 5.74) is 0.511. The van der Waals surface area contributed by atoms with Crippen LogP contribution < -0.4 is 25.4 Å². The number of carbonyl (C=O) groups is 1. The lowest BCUT2D eigenvalue weighted by atomic mass is 10.2. The highest BCUT2D eigenvalue weighted by Crippen LogP contribution is 2.32. The van der Waals surface area contributed by atoms with E-state index >= 15 is 0 Å². The number of nitrogens with zero attached hydrogens (tertiary/aromatic N) is 1. The minimum Gasteiger partial charge on any atom is -0.490 e. The average molecular weight is 514 g/mol. The van der Waals surface area contributed by atoms with Gasteiger partial charge in [-0.2, -0.15) is 8.78 Å². The number of nitrogens with one attached hydrogen (secondary N) is 3. The van der Waals surface area contributed by atoms with Gasteiger partial charge in [0.1, 0.15) is 0 Å². The van der Waals surface area contributed by atoms with Gasteiger partial charge in [0.05, 0.1) is 6.61 Å². The maximum absolute atomic E-state index is 12.7. The minimum atomic E-state index is -2.95. The molecule has 0 aliphatic carbocycles. The predicted octanol–water partition coefficient (Wildman–Crippen LogP) is 2.74. The van der Waals surface area contributed by atoms with Gasteiger partial charge in [-0.25, -0.2) is 0 Å². The van der Waals surface area contributed by atoms with Crippen molar-refractivity contribution in [2.45, 2.75) is 33.9 Å². The molecule has 1 aromatic carbocycles. The largest absolute Gasteiger partial charge is 0.490 e. The van der Waals surface area contributed by atoms with Crippen LogP contribution in [0.3, 0.4) is 0 Å². The Kier molecular flexibility index (Phi) is 13.3. The normalized spacial score (nSPS) is 11.1. The first-order valence-corrected chi connectivity index (χ1v) is 8.80. The molecule has 1 amide bonds. The molecule has 28 heavy (non-hydrogen) atoms. The van der Waals surface area contributed by atoms with Gasteiger partial charge >= 0.3 is 6.61 Å². The maximum atomic E-state index is 12.7. The lowest BCUT2D eigenvalue weighted by Gasteiger charge is -2.17. The van der Waals surface area contributed by atoms with Gasteiger partial charge in [-0.05, 0) is 13.0 Å². The van der Waals surface area contributed by atoms with Gasteiger partial charge < -0.3 is 25.4 Å². The van der Waals surface area contributed by atoms with E-state index < -0.39 is 6.61 Å². The lowest BCUT2D eigenvalue weighted by Crippen LogP contribution is -2.41. The van der Waals surface area contributed by atoms with Crippen LogP contribution in [0.2, 0.25) is 0 Å². The van der Waals surface area contributed by atoms with Crippen molar-refractivity contribution in [3.05, 3.63) is 23.8 Å². The first-order valence-electron chi connectivity index (χ1n) is 8.80. The van der Waals surface area contributed by atoms with Gasteiger partial charge in [-0.15, -0.1) is 24.0 Å². The summed E-state index contributed by atoms with van der Waals surface area (Å²) in [4.78, 5) is 15.6. The highest BCUT2D eigenvalue weighted by Gasteiger charge is 2.16. The average Bonchev–Trinajstić information content (AvgIpc) is 2.62. The SMILES string of the molecule is CCOc1cccc(CNC(=NC)NCCNC(=O)C(C)C)c1OC(F)F.I. The Labute approximate surface area is 181 Å². The highest BCUT2D eigenvalue weighted by molar-refractivity contribution is 14.0. The Balaban J connectivity index is 0.00000729. The fourth-order valence-corrected chi connectivity index (χ4v) is 2.16. The first kappa shape index (κ1) is 26.1. The number of benzene rings is 1. The predicted molar refractivity (Wildman–Crippen MR) is 116 cm³/mol. The van der Waals surface area contributed by atoms with Crippen molar-refractivity contribution in [2.24, 2.45) is 10.9 Å². The van der Waals surface area contributed by atoms with Crippen LogP contribution in [-0.2, 0) is 11.3 Å². The summed E-state index contributed by atoms with van der Waals surface area (Å²) in [5.74, 6) is 0.631. The molecule has 0 aromatic heterocycles. The van der Waals surface area contributed by atoms with E-state index in [0.717, 1.165) is 0 Å². The molecule has 1 aromatic rings. The summed E-state index contributed by atoms with van der Waals surface area (Å²) in [7, 11) is 1.59. The summed E-state index contributed by atoms with van der Waals surface area (Å²) in [6, 6.07) is 4.95. The van der Waals surface area contributed by atoms with Crippen LogP contribution in [0, 0.1) is 5.92 Å². The van der Waals surface area contributed by atoms with E-state index in [0.29, 0.717) is 31.2 Å². The second-order valence-corrected chi connectivity index (χ2v) is 5.85. The van der Waals surface area contributed by atoms with Crippen molar-refractivity contribution < 1.29 is 23.0 Å². The molecule has 0 unspecified atom stereocenters. The third kappa shape index (κ3) is 9.38. The van der Waals surface area contributed by atoms with Crippen molar-refractivity contribution in [2.75, 3.05) is 26.7 Å². The molecule has 0 radical (unpaired) electrons. The Bertz CT molecular complexity index is 631. The summed E-state index contributed by atoms with van der Waals surface area (Å²) < 4.78 is 35.5. The van der Waals surface area contributed by atoms with E-state index in [1.54, 1.807) is 32.2 Å². The van der Waals surface area contributed by atoms with Crippen LogP contribution in [0.5, 0.6) is 11.5 Å². The number of aliphatic imine (C=N–C) groups is 1. The molecule has 0 bridgehead atoms. The molecule has 0 heterocycles. The Hall–Kier alpha value is -1.85. The van der Waals surface area contributed by atoms with E-state index in [1.165, 1.54) is 0 Å². The van der Waals surface area contributed by atoms with Gasteiger partial charge in [0.25, 0.3) is 0 Å². The topological polar surface area (TPSA) is 84.0 Å². The summed E-state index contributed by atoms with van der Waals surface area (Å²) in [6.07, 6.45) is 0. The Morgan fingerprint density at radius 1 is 1.18 bits per heavy atom. The molecule has 0 atom stereocenters. The van der Waals surface area contributed by atoms with Crippen LogP contribution >= 0.6 is 24.0 Å². The van der Waals surface area contributed by atoms with Gasteiger partial charge in [0.2, 0.25) is 5.91 Å². The second kappa shape index (κ2) is 14.2. The fraction of sp³-hybridized carbons (Fsp3) is 0.556. The molecule has 0 aliphatic heterocycles. The standard InChI is InChI=1S/C18H28F2N4O3.HI/c1-5-26-14-8-6-7-13(15(14)27-17(19)20)11-24-18(21-4)23-10-9-22-16(25)12(2)3;/h6-8,12,17H,5,9-11H2,1-4H3,(H,22,25)(H2,21,23,24);1H. The molecule has 160 valence electrons. The Morgan fingerprint density at radius 3 is 2.43 bits per heavy atom. The van der Waals surface area contributed by atoms with Gasteiger partial charge in [-0.1, -0.05) is 26.0 Å². The molecule has 0 saturated heterocycles. The fourth-order valence-electron chi connectivity index (χ4n) is 2.16. The summed E-state index contributed by atoms with van der Waals surface area (Å²) >= 11 is 0. The number of alkyl halides is 2. The summed E-state index contributed by atoms with van der Waals surface area (Å²) in [5, 5.41) is 8.85. The van der Waals surface area contributed by atoms with Crippen molar-refractivity contribution in [3.8, 4) is 11.5 Å². The quantitative estimate of drug-likeness (QED) is 0.194. The lowest BCUT2D eigenvalue weighted by molar-refractivity contribution is -0.123. The number of para-hydroxylation sites is 1. The zero-order valence-electron chi connectivity index (χ0n) is 16.6. The number of ether oxygens (including phenoxy) is 2. The van der Waals surface area contributed by atoms with Crippen LogP contribution in [0.25, 0.3) is 0 Å². The zero-order chi connectivity index (χ0) is 20.2. The monoisotopic (exact) mass is 514 g/mol. The highest BCUT2D eigenvalue weighted by atomic mass is 127. The third-order valence-electron chi connectivity index (χ3n) is 3.48. The van der Waals surface area contributed by atoms with E-state index in [-0.39, 0.29) is 53.8 Å². The van der Waals surface area contributed by atoms with E-state index in [1.807, 2.05) is 13.8 Å². The number of rotatable bonds is 10. The smallest absolute Gasteiger partial charge is 0.387 e. The van der Waals surface area contributed by atoms with Crippen LogP contribution in [0.15, 0.2) is 23.2 Å². The van der Waals surface area contributed by atoms with Crippen molar-refractivity contribution in [3.63, 3.8) is 0 Å². The molecule has 0 fully saturated rings. The number of hydrogen-bond donors (Lipinski definition) is 3. The molecule has 10 heteroatoms. The number of guanidine groups is 1. The molecular formula is C18H29F2IN4O3. The molecule has 0 saturated carbocycles. The molecule has 0 spiro atoms. The van der Waals surface area contributed by atoms with Gasteiger partial charge in [0.15, 0.2) is 17.5 Å². The van der Waals surface area contributed by atoms with Crippen LogP contribution in [0.1, 0.15) is 26.3 Å². The van der Waals surface area contributed by atoms with Crippen LogP contribution in [0.4, 0.5) is 8.78 Å². The van der Waals surface area contributed by atoms with Gasteiger partial charge in [-0.3, -0.25) is 9.79 Å².